The van der Waals surface area contributed by atoms with Crippen molar-refractivity contribution >= 4 is 5.69 Å². The fourth-order valence-electron chi connectivity index (χ4n) is 3.04. The molecule has 3 nitrogen and oxygen atoms in total. The van der Waals surface area contributed by atoms with Gasteiger partial charge in [-0.15, -0.1) is 0 Å². The van der Waals surface area contributed by atoms with Gasteiger partial charge in [-0.25, -0.2) is 0 Å². The minimum Gasteiger partial charge on any atom is -0.359 e. The molecule has 114 valence electrons. The zero-order valence-electron chi connectivity index (χ0n) is 14.0. The molecule has 0 saturated carbocycles. The third-order valence-corrected chi connectivity index (χ3v) is 4.55. The highest BCUT2D eigenvalue weighted by Crippen LogP contribution is 2.30. The summed E-state index contributed by atoms with van der Waals surface area (Å²) in [5.41, 5.74) is 6.35. The van der Waals surface area contributed by atoms with Crippen molar-refractivity contribution in [1.82, 2.24) is 4.90 Å². The Morgan fingerprint density at radius 3 is 2.45 bits per heavy atom. The van der Waals surface area contributed by atoms with Gasteiger partial charge >= 0.3 is 0 Å². The van der Waals surface area contributed by atoms with Crippen molar-refractivity contribution in [2.24, 2.45) is 0 Å². The first-order valence-corrected chi connectivity index (χ1v) is 7.76. The van der Waals surface area contributed by atoms with E-state index < -0.39 is 0 Å². The van der Waals surface area contributed by atoms with Gasteiger partial charge in [-0.05, 0) is 32.4 Å². The Hall–Kier alpha value is -2.29. The molecule has 0 amide bonds. The lowest BCUT2D eigenvalue weighted by atomic mass is 10.1. The Bertz CT molecular complexity index is 733. The summed E-state index contributed by atoms with van der Waals surface area (Å²) in [6.45, 7) is 8.75. The Kier molecular flexibility index (Phi) is 3.65. The maximum absolute atomic E-state index is 2.34. The third kappa shape index (κ3) is 2.37. The molecule has 2 aromatic rings. The molecule has 0 aliphatic carbocycles. The molecule has 2 heterocycles. The van der Waals surface area contributed by atoms with Crippen molar-refractivity contribution < 1.29 is 4.57 Å². The summed E-state index contributed by atoms with van der Waals surface area (Å²) in [6, 6.07) is 10.9. The molecular formula is C19H24N3+. The molecule has 0 unspecified atom stereocenters. The monoisotopic (exact) mass is 294 g/mol. The van der Waals surface area contributed by atoms with Gasteiger partial charge in [0.05, 0.1) is 5.69 Å². The van der Waals surface area contributed by atoms with Crippen LogP contribution in [-0.4, -0.2) is 18.1 Å². The highest BCUT2D eigenvalue weighted by Gasteiger charge is 2.25. The van der Waals surface area contributed by atoms with E-state index in [1.807, 2.05) is 0 Å². The van der Waals surface area contributed by atoms with Crippen LogP contribution in [0.2, 0.25) is 0 Å². The van der Waals surface area contributed by atoms with Crippen LogP contribution < -0.4 is 9.47 Å². The van der Waals surface area contributed by atoms with E-state index in [4.69, 9.17) is 0 Å². The molecule has 0 N–H and O–H groups in total. The highest BCUT2D eigenvalue weighted by atomic mass is 15.4. The predicted molar refractivity (Wildman–Crippen MR) is 91.0 cm³/mol. The number of hydrogen-bond acceptors (Lipinski definition) is 2. The Morgan fingerprint density at radius 2 is 1.82 bits per heavy atom. The number of anilines is 1. The molecule has 3 rings (SSSR count). The van der Waals surface area contributed by atoms with Crippen molar-refractivity contribution in [3.8, 4) is 5.69 Å². The topological polar surface area (TPSA) is 10.4 Å². The maximum atomic E-state index is 2.34. The molecule has 3 heteroatoms. The molecule has 0 saturated heterocycles. The van der Waals surface area contributed by atoms with Crippen LogP contribution in [-0.2, 0) is 0 Å². The quantitative estimate of drug-likeness (QED) is 0.785. The van der Waals surface area contributed by atoms with E-state index in [1.165, 1.54) is 28.2 Å². The molecule has 1 atom stereocenters. The number of aromatic nitrogens is 1. The van der Waals surface area contributed by atoms with Gasteiger partial charge in [-0.3, -0.25) is 0 Å². The lowest BCUT2D eigenvalue weighted by Gasteiger charge is -2.28. The van der Waals surface area contributed by atoms with Crippen LogP contribution in [0.1, 0.15) is 23.7 Å². The molecule has 0 fully saturated rings. The van der Waals surface area contributed by atoms with E-state index in [2.05, 4.69) is 98.0 Å². The lowest BCUT2D eigenvalue weighted by Crippen LogP contribution is -2.37. The van der Waals surface area contributed by atoms with Gasteiger partial charge in [0.2, 0.25) is 5.69 Å². The van der Waals surface area contributed by atoms with Crippen LogP contribution in [0, 0.1) is 20.8 Å². The zero-order chi connectivity index (χ0) is 15.9. The minimum absolute atomic E-state index is 0.343. The van der Waals surface area contributed by atoms with Crippen LogP contribution in [0.5, 0.6) is 0 Å². The van der Waals surface area contributed by atoms with Crippen LogP contribution >= 0.6 is 0 Å². The molecule has 0 bridgehead atoms. The first-order valence-electron chi connectivity index (χ1n) is 7.76. The first-order chi connectivity index (χ1) is 10.5. The second kappa shape index (κ2) is 5.48. The Morgan fingerprint density at radius 1 is 1.05 bits per heavy atom. The van der Waals surface area contributed by atoms with Crippen molar-refractivity contribution in [2.45, 2.75) is 33.9 Å². The number of nitrogens with zero attached hydrogens (tertiary/aromatic N) is 3. The first kappa shape index (κ1) is 14.6. The van der Waals surface area contributed by atoms with E-state index >= 15 is 0 Å². The summed E-state index contributed by atoms with van der Waals surface area (Å²) in [5.74, 6) is 0. The Labute approximate surface area is 133 Å². The van der Waals surface area contributed by atoms with E-state index in [1.54, 1.807) is 0 Å². The maximum Gasteiger partial charge on any atom is 0.216 e. The number of pyridine rings is 1. The third-order valence-electron chi connectivity index (χ3n) is 4.55. The second-order valence-corrected chi connectivity index (χ2v) is 6.14. The molecule has 1 aliphatic rings. The average molecular weight is 294 g/mol. The number of aryl methyl sites for hydroxylation is 2. The molecule has 1 aromatic heterocycles. The van der Waals surface area contributed by atoms with Crippen LogP contribution in [0.25, 0.3) is 5.69 Å². The van der Waals surface area contributed by atoms with Crippen molar-refractivity contribution in [1.29, 1.82) is 0 Å². The largest absolute Gasteiger partial charge is 0.359 e. The minimum atomic E-state index is 0.343. The summed E-state index contributed by atoms with van der Waals surface area (Å²) >= 11 is 0. The SMILES string of the molecule is Cc1cc(N2C=CN(C)[C@H]2C)c(C)c(-[n+]2ccccc2C)c1. The number of rotatable bonds is 2. The van der Waals surface area contributed by atoms with Gasteiger partial charge in [0.25, 0.3) is 0 Å². The zero-order valence-corrected chi connectivity index (χ0v) is 14.0. The standard InChI is InChI=1S/C19H24N3/c1-14-12-18(21-9-7-6-8-15(21)2)16(3)19(13-14)22-11-10-20(5)17(22)4/h6-13,17H,1-5H3/q+1/t17-/m1/s1. The summed E-state index contributed by atoms with van der Waals surface area (Å²) in [6.07, 6.45) is 6.78. The molecule has 0 radical (unpaired) electrons. The normalized spacial score (nSPS) is 17.4. The van der Waals surface area contributed by atoms with Gasteiger partial charge in [0.1, 0.15) is 6.17 Å². The summed E-state index contributed by atoms with van der Waals surface area (Å²) in [5, 5.41) is 0. The summed E-state index contributed by atoms with van der Waals surface area (Å²) in [4.78, 5) is 4.56. The smallest absolute Gasteiger partial charge is 0.216 e. The summed E-state index contributed by atoms with van der Waals surface area (Å²) < 4.78 is 2.26. The highest BCUT2D eigenvalue weighted by molar-refractivity contribution is 5.63. The molecular weight excluding hydrogens is 270 g/mol. The molecule has 0 spiro atoms. The van der Waals surface area contributed by atoms with E-state index in [0.29, 0.717) is 6.17 Å². The predicted octanol–water partition coefficient (Wildman–Crippen LogP) is 3.46. The van der Waals surface area contributed by atoms with Gasteiger partial charge < -0.3 is 9.80 Å². The van der Waals surface area contributed by atoms with Gasteiger partial charge in [-0.1, -0.05) is 6.07 Å². The second-order valence-electron chi connectivity index (χ2n) is 6.14. The van der Waals surface area contributed by atoms with E-state index in [9.17, 15) is 0 Å². The van der Waals surface area contributed by atoms with Crippen molar-refractivity contribution in [2.75, 3.05) is 11.9 Å². The van der Waals surface area contributed by atoms with Crippen LogP contribution in [0.15, 0.2) is 48.9 Å². The van der Waals surface area contributed by atoms with Crippen molar-refractivity contribution in [3.05, 3.63) is 65.7 Å². The van der Waals surface area contributed by atoms with Gasteiger partial charge in [0, 0.05) is 50.1 Å². The number of hydrogen-bond donors (Lipinski definition) is 0. The fraction of sp³-hybridized carbons (Fsp3) is 0.316. The number of benzene rings is 1. The average Bonchev–Trinajstić information content (AvgIpc) is 2.82. The summed E-state index contributed by atoms with van der Waals surface area (Å²) in [7, 11) is 2.11. The van der Waals surface area contributed by atoms with E-state index in [0.717, 1.165) is 0 Å². The van der Waals surface area contributed by atoms with Gasteiger partial charge in [0.15, 0.2) is 11.9 Å². The fourth-order valence-corrected chi connectivity index (χ4v) is 3.04. The van der Waals surface area contributed by atoms with E-state index in [-0.39, 0.29) is 0 Å². The molecule has 1 aromatic carbocycles. The molecule has 22 heavy (non-hydrogen) atoms. The Balaban J connectivity index is 2.15. The van der Waals surface area contributed by atoms with Crippen LogP contribution in [0.3, 0.4) is 0 Å². The van der Waals surface area contributed by atoms with Crippen LogP contribution in [0.4, 0.5) is 5.69 Å². The van der Waals surface area contributed by atoms with Crippen molar-refractivity contribution in [3.63, 3.8) is 0 Å². The van der Waals surface area contributed by atoms with Gasteiger partial charge in [-0.2, -0.15) is 4.57 Å². The molecule has 1 aliphatic heterocycles. The lowest BCUT2D eigenvalue weighted by molar-refractivity contribution is -0.603.